The number of aliphatic hydroxyl groups is 1. The molecule has 2 aromatic rings. The largest absolute Gasteiger partial charge is 0.487 e. The van der Waals surface area contributed by atoms with Crippen LogP contribution in [0.15, 0.2) is 36.4 Å². The van der Waals surface area contributed by atoms with E-state index < -0.39 is 41.7 Å². The molecule has 0 fully saturated rings. The van der Waals surface area contributed by atoms with Crippen LogP contribution in [0.2, 0.25) is 0 Å². The van der Waals surface area contributed by atoms with Gasteiger partial charge in [-0.1, -0.05) is 6.07 Å². The van der Waals surface area contributed by atoms with Crippen LogP contribution in [0.25, 0.3) is 0 Å². The first-order valence-corrected chi connectivity index (χ1v) is 5.68. The molecule has 0 aliphatic heterocycles. The van der Waals surface area contributed by atoms with E-state index in [4.69, 9.17) is 4.74 Å². The van der Waals surface area contributed by atoms with E-state index in [9.17, 15) is 22.7 Å². The molecule has 20 heavy (non-hydrogen) atoms. The Morgan fingerprint density at radius 3 is 2.25 bits per heavy atom. The number of hydrogen-bond donors (Lipinski definition) is 1. The molecule has 2 nitrogen and oxygen atoms in total. The number of ether oxygens (including phenoxy) is 1. The smallest absolute Gasteiger partial charge is 0.165 e. The van der Waals surface area contributed by atoms with Crippen molar-refractivity contribution in [1.82, 2.24) is 0 Å². The van der Waals surface area contributed by atoms with Crippen LogP contribution in [0.3, 0.4) is 0 Å². The Bertz CT molecular complexity index is 616. The molecule has 1 N–H and O–H groups in total. The molecule has 0 aromatic heterocycles. The maximum atomic E-state index is 13.4. The topological polar surface area (TPSA) is 29.5 Å². The molecule has 0 heterocycles. The first-order valence-electron chi connectivity index (χ1n) is 5.68. The number of halogens is 4. The second kappa shape index (κ2) is 5.92. The normalized spacial score (nSPS) is 12.2. The second-order valence-electron chi connectivity index (χ2n) is 4.07. The van der Waals surface area contributed by atoms with Crippen molar-refractivity contribution in [3.8, 4) is 5.75 Å². The van der Waals surface area contributed by atoms with Gasteiger partial charge in [-0.25, -0.2) is 17.6 Å². The van der Waals surface area contributed by atoms with Crippen LogP contribution in [0.1, 0.15) is 11.7 Å². The predicted octanol–water partition coefficient (Wildman–Crippen LogP) is 3.36. The molecule has 0 spiro atoms. The van der Waals surface area contributed by atoms with Gasteiger partial charge in [0.1, 0.15) is 30.2 Å². The van der Waals surface area contributed by atoms with E-state index in [1.165, 1.54) is 0 Å². The molecule has 6 heteroatoms. The van der Waals surface area contributed by atoms with Gasteiger partial charge in [0.05, 0.1) is 0 Å². The molecule has 0 saturated heterocycles. The van der Waals surface area contributed by atoms with E-state index in [1.807, 2.05) is 0 Å². The molecule has 0 aliphatic carbocycles. The summed E-state index contributed by atoms with van der Waals surface area (Å²) < 4.78 is 57.1. The number of hydrogen-bond acceptors (Lipinski definition) is 2. The second-order valence-corrected chi connectivity index (χ2v) is 4.07. The predicted molar refractivity (Wildman–Crippen MR) is 63.2 cm³/mol. The molecule has 0 saturated carbocycles. The zero-order valence-electron chi connectivity index (χ0n) is 10.1. The van der Waals surface area contributed by atoms with Crippen LogP contribution in [-0.2, 0) is 0 Å². The Morgan fingerprint density at radius 1 is 0.900 bits per heavy atom. The van der Waals surface area contributed by atoms with E-state index in [-0.39, 0.29) is 5.56 Å². The van der Waals surface area contributed by atoms with Gasteiger partial charge in [-0.15, -0.1) is 0 Å². The standard InChI is InChI=1S/C14H10F4O2/c15-8-1-3-10(12(18)5-8)13(19)7-20-14-6-9(16)2-4-11(14)17/h1-6,13,19H,7H2. The van der Waals surface area contributed by atoms with Gasteiger partial charge in [0, 0.05) is 17.7 Å². The Kier molecular flexibility index (Phi) is 4.24. The van der Waals surface area contributed by atoms with Gasteiger partial charge in [-0.2, -0.15) is 0 Å². The van der Waals surface area contributed by atoms with Crippen molar-refractivity contribution < 1.29 is 27.4 Å². The lowest BCUT2D eigenvalue weighted by Gasteiger charge is -2.14. The lowest BCUT2D eigenvalue weighted by atomic mass is 10.1. The van der Waals surface area contributed by atoms with E-state index in [1.54, 1.807) is 0 Å². The summed E-state index contributed by atoms with van der Waals surface area (Å²) in [6.45, 7) is -0.497. The molecular weight excluding hydrogens is 276 g/mol. The highest BCUT2D eigenvalue weighted by molar-refractivity contribution is 5.26. The molecule has 2 aromatic carbocycles. The van der Waals surface area contributed by atoms with Crippen LogP contribution >= 0.6 is 0 Å². The molecule has 0 radical (unpaired) electrons. The fourth-order valence-electron chi connectivity index (χ4n) is 1.62. The minimum atomic E-state index is -1.43. The average Bonchev–Trinajstić information content (AvgIpc) is 2.39. The molecule has 2 rings (SSSR count). The first-order chi connectivity index (χ1) is 9.47. The van der Waals surface area contributed by atoms with E-state index >= 15 is 0 Å². The average molecular weight is 286 g/mol. The van der Waals surface area contributed by atoms with Crippen LogP contribution in [0, 0.1) is 23.3 Å². The van der Waals surface area contributed by atoms with E-state index in [0.717, 1.165) is 30.3 Å². The highest BCUT2D eigenvalue weighted by Gasteiger charge is 2.15. The third kappa shape index (κ3) is 3.27. The van der Waals surface area contributed by atoms with Crippen LogP contribution in [-0.4, -0.2) is 11.7 Å². The molecule has 1 atom stereocenters. The van der Waals surface area contributed by atoms with Gasteiger partial charge < -0.3 is 9.84 Å². The molecule has 0 amide bonds. The van der Waals surface area contributed by atoms with E-state index in [2.05, 4.69) is 0 Å². The Morgan fingerprint density at radius 2 is 1.55 bits per heavy atom. The minimum absolute atomic E-state index is 0.191. The first kappa shape index (κ1) is 14.3. The van der Waals surface area contributed by atoms with Gasteiger partial charge in [-0.3, -0.25) is 0 Å². The fraction of sp³-hybridized carbons (Fsp3) is 0.143. The zero-order chi connectivity index (χ0) is 14.7. The van der Waals surface area contributed by atoms with E-state index in [0.29, 0.717) is 6.07 Å². The molecule has 106 valence electrons. The summed E-state index contributed by atoms with van der Waals surface area (Å²) in [5.41, 5.74) is -0.191. The van der Waals surface area contributed by atoms with Gasteiger partial charge in [0.15, 0.2) is 11.6 Å². The summed E-state index contributed by atoms with van der Waals surface area (Å²) in [7, 11) is 0. The van der Waals surface area contributed by atoms with Crippen molar-refractivity contribution in [2.45, 2.75) is 6.10 Å². The van der Waals surface area contributed by atoms with Gasteiger partial charge >= 0.3 is 0 Å². The highest BCUT2D eigenvalue weighted by Crippen LogP contribution is 2.22. The quantitative estimate of drug-likeness (QED) is 0.873. The summed E-state index contributed by atoms with van der Waals surface area (Å²) >= 11 is 0. The summed E-state index contributed by atoms with van der Waals surface area (Å²) in [4.78, 5) is 0. The SMILES string of the molecule is OC(COc1cc(F)ccc1F)c1ccc(F)cc1F. The van der Waals surface area contributed by atoms with Gasteiger partial charge in [0.2, 0.25) is 0 Å². The molecular formula is C14H10F4O2. The summed E-state index contributed by atoms with van der Waals surface area (Å²) in [6, 6.07) is 5.24. The zero-order valence-corrected chi connectivity index (χ0v) is 10.1. The van der Waals surface area contributed by atoms with Gasteiger partial charge in [-0.05, 0) is 18.2 Å². The fourth-order valence-corrected chi connectivity index (χ4v) is 1.62. The minimum Gasteiger partial charge on any atom is -0.487 e. The summed E-state index contributed by atoms with van der Waals surface area (Å²) in [5.74, 6) is -3.63. The number of benzene rings is 2. The van der Waals surface area contributed by atoms with Crippen LogP contribution < -0.4 is 4.74 Å². The highest BCUT2D eigenvalue weighted by atomic mass is 19.1. The number of aliphatic hydroxyl groups excluding tert-OH is 1. The van der Waals surface area contributed by atoms with Crippen LogP contribution in [0.5, 0.6) is 5.75 Å². The van der Waals surface area contributed by atoms with Crippen molar-refractivity contribution in [3.05, 3.63) is 65.2 Å². The van der Waals surface area contributed by atoms with Crippen molar-refractivity contribution in [2.75, 3.05) is 6.61 Å². The maximum absolute atomic E-state index is 13.4. The van der Waals surface area contributed by atoms with Crippen molar-refractivity contribution in [1.29, 1.82) is 0 Å². The molecule has 0 bridgehead atoms. The molecule has 1 unspecified atom stereocenters. The van der Waals surface area contributed by atoms with Gasteiger partial charge in [0.25, 0.3) is 0 Å². The monoisotopic (exact) mass is 286 g/mol. The third-order valence-electron chi connectivity index (χ3n) is 2.61. The van der Waals surface area contributed by atoms with Crippen molar-refractivity contribution in [2.24, 2.45) is 0 Å². The number of rotatable bonds is 4. The maximum Gasteiger partial charge on any atom is 0.165 e. The Hall–Kier alpha value is -2.08. The summed E-state index contributed by atoms with van der Waals surface area (Å²) in [6.07, 6.45) is -1.43. The lowest BCUT2D eigenvalue weighted by molar-refractivity contribution is 0.102. The summed E-state index contributed by atoms with van der Waals surface area (Å²) in [5, 5.41) is 9.71. The van der Waals surface area contributed by atoms with Crippen LogP contribution in [0.4, 0.5) is 17.6 Å². The Labute approximate surface area is 112 Å². The lowest BCUT2D eigenvalue weighted by Crippen LogP contribution is -2.12. The Balaban J connectivity index is 2.08. The van der Waals surface area contributed by atoms with Crippen molar-refractivity contribution >= 4 is 0 Å². The molecule has 0 aliphatic rings. The van der Waals surface area contributed by atoms with Crippen molar-refractivity contribution in [3.63, 3.8) is 0 Å². The third-order valence-corrected chi connectivity index (χ3v) is 2.61.